The summed E-state index contributed by atoms with van der Waals surface area (Å²) in [6.45, 7) is 6.86. The van der Waals surface area contributed by atoms with E-state index in [4.69, 9.17) is 9.47 Å². The summed E-state index contributed by atoms with van der Waals surface area (Å²) in [5.74, 6) is 2.27. The van der Waals surface area contributed by atoms with Gasteiger partial charge in [-0.25, -0.2) is 0 Å². The third-order valence-electron chi connectivity index (χ3n) is 6.74. The van der Waals surface area contributed by atoms with Crippen LogP contribution in [0, 0.1) is 6.92 Å². The first-order valence-corrected chi connectivity index (χ1v) is 11.1. The number of hydrogen-bond acceptors (Lipinski definition) is 3. The molecule has 0 N–H and O–H groups in total. The molecular formula is C28H28O3. The van der Waals surface area contributed by atoms with E-state index in [2.05, 4.69) is 63.2 Å². The van der Waals surface area contributed by atoms with Crippen LogP contribution in [0.1, 0.15) is 54.9 Å². The van der Waals surface area contributed by atoms with Gasteiger partial charge in [0, 0.05) is 6.42 Å². The van der Waals surface area contributed by atoms with Crippen molar-refractivity contribution in [3.8, 4) is 22.6 Å². The molecule has 3 aromatic rings. The summed E-state index contributed by atoms with van der Waals surface area (Å²) in [4.78, 5) is 13.3. The maximum Gasteiger partial charge on any atom is 0.231 e. The molecule has 0 aromatic heterocycles. The van der Waals surface area contributed by atoms with Crippen molar-refractivity contribution < 1.29 is 14.3 Å². The Morgan fingerprint density at radius 1 is 0.935 bits per heavy atom. The van der Waals surface area contributed by atoms with E-state index in [1.54, 1.807) is 0 Å². The monoisotopic (exact) mass is 412 g/mol. The van der Waals surface area contributed by atoms with Gasteiger partial charge in [0.1, 0.15) is 5.78 Å². The predicted molar refractivity (Wildman–Crippen MR) is 123 cm³/mol. The highest BCUT2D eigenvalue weighted by Crippen LogP contribution is 2.51. The lowest BCUT2D eigenvalue weighted by Crippen LogP contribution is -2.22. The van der Waals surface area contributed by atoms with Gasteiger partial charge in [-0.15, -0.1) is 0 Å². The number of Topliss-reactive ketones (excluding diaryl/α,β-unsaturated/α-hetero) is 1. The van der Waals surface area contributed by atoms with E-state index in [1.165, 1.54) is 22.3 Å². The van der Waals surface area contributed by atoms with E-state index in [1.807, 2.05) is 18.2 Å². The summed E-state index contributed by atoms with van der Waals surface area (Å²) >= 11 is 0. The van der Waals surface area contributed by atoms with E-state index < -0.39 is 0 Å². The zero-order valence-corrected chi connectivity index (χ0v) is 18.4. The van der Waals surface area contributed by atoms with Crippen molar-refractivity contribution in [1.82, 2.24) is 0 Å². The fraction of sp³-hybridized carbons (Fsp3) is 0.321. The summed E-state index contributed by atoms with van der Waals surface area (Å²) < 4.78 is 10.9. The van der Waals surface area contributed by atoms with Gasteiger partial charge in [0.2, 0.25) is 6.79 Å². The van der Waals surface area contributed by atoms with Gasteiger partial charge in [0.25, 0.3) is 0 Å². The number of ether oxygens (including phenoxy) is 2. The number of ketones is 1. The van der Waals surface area contributed by atoms with Crippen LogP contribution in [0.25, 0.3) is 11.1 Å². The number of carbonyl (C=O) groups excluding carboxylic acids is 1. The van der Waals surface area contributed by atoms with Crippen molar-refractivity contribution in [1.29, 1.82) is 0 Å². The molecule has 0 atom stereocenters. The Hall–Kier alpha value is -3.07. The molecule has 0 spiro atoms. The lowest BCUT2D eigenvalue weighted by Gasteiger charge is -2.17. The van der Waals surface area contributed by atoms with E-state index in [-0.39, 0.29) is 12.2 Å². The summed E-state index contributed by atoms with van der Waals surface area (Å²) in [7, 11) is 0. The smallest absolute Gasteiger partial charge is 0.231 e. The highest BCUT2D eigenvalue weighted by atomic mass is 16.7. The first kappa shape index (κ1) is 19.9. The maximum absolute atomic E-state index is 13.3. The predicted octanol–water partition coefficient (Wildman–Crippen LogP) is 6.36. The summed E-state index contributed by atoms with van der Waals surface area (Å²) in [6.07, 6.45) is 2.27. The number of carbonyl (C=O) groups is 1. The minimum atomic E-state index is -0.363. The first-order chi connectivity index (χ1) is 15.0. The minimum Gasteiger partial charge on any atom is -0.454 e. The van der Waals surface area contributed by atoms with Crippen LogP contribution in [0.4, 0.5) is 0 Å². The molecule has 1 heterocycles. The van der Waals surface area contributed by atoms with Gasteiger partial charge in [0.05, 0.1) is 5.41 Å². The molecule has 2 aliphatic rings. The molecule has 0 saturated heterocycles. The standard InChI is InChI=1S/C28H28O3/c1-18(2)22-6-4-5-7-24(22)23-10-8-20(14-19(23)3)15-27(29)28(12-13-28)21-9-11-25-26(16-21)31-17-30-25/h4-11,14,16,18H,12-13,15,17H2,1-3H3. The van der Waals surface area contributed by atoms with Gasteiger partial charge in [-0.05, 0) is 71.2 Å². The van der Waals surface area contributed by atoms with Gasteiger partial charge in [0.15, 0.2) is 11.5 Å². The Morgan fingerprint density at radius 3 is 2.45 bits per heavy atom. The van der Waals surface area contributed by atoms with Crippen molar-refractivity contribution in [2.45, 2.75) is 51.4 Å². The summed E-state index contributed by atoms with van der Waals surface area (Å²) in [6, 6.07) is 21.0. The molecule has 0 amide bonds. The molecule has 1 aliphatic carbocycles. The normalized spacial score (nSPS) is 15.9. The molecule has 31 heavy (non-hydrogen) atoms. The zero-order valence-electron chi connectivity index (χ0n) is 18.4. The molecule has 1 aliphatic heterocycles. The Labute approximate surface area is 184 Å². The maximum atomic E-state index is 13.3. The Balaban J connectivity index is 1.39. The quantitative estimate of drug-likeness (QED) is 0.473. The lowest BCUT2D eigenvalue weighted by molar-refractivity contribution is -0.120. The van der Waals surface area contributed by atoms with Crippen molar-refractivity contribution in [3.63, 3.8) is 0 Å². The zero-order chi connectivity index (χ0) is 21.6. The highest BCUT2D eigenvalue weighted by Gasteiger charge is 2.50. The SMILES string of the molecule is Cc1cc(CC(=O)C2(c3ccc4c(c3)OCO4)CC2)ccc1-c1ccccc1C(C)C. The topological polar surface area (TPSA) is 35.5 Å². The average molecular weight is 413 g/mol. The molecule has 1 saturated carbocycles. The van der Waals surface area contributed by atoms with Crippen LogP contribution in [0.15, 0.2) is 60.7 Å². The molecule has 0 radical (unpaired) electrons. The van der Waals surface area contributed by atoms with Crippen LogP contribution >= 0.6 is 0 Å². The third-order valence-corrected chi connectivity index (χ3v) is 6.74. The van der Waals surface area contributed by atoms with Crippen LogP contribution in [0.3, 0.4) is 0 Å². The van der Waals surface area contributed by atoms with Crippen molar-refractivity contribution in [3.05, 3.63) is 82.9 Å². The van der Waals surface area contributed by atoms with E-state index >= 15 is 0 Å². The van der Waals surface area contributed by atoms with E-state index in [0.717, 1.165) is 35.5 Å². The number of rotatable bonds is 6. The molecule has 0 bridgehead atoms. The molecule has 3 aromatic carbocycles. The van der Waals surface area contributed by atoms with Crippen LogP contribution in [0.2, 0.25) is 0 Å². The summed E-state index contributed by atoms with van der Waals surface area (Å²) in [5.41, 5.74) is 6.88. The lowest BCUT2D eigenvalue weighted by atomic mass is 9.86. The Morgan fingerprint density at radius 2 is 1.71 bits per heavy atom. The second kappa shape index (κ2) is 7.56. The molecular weight excluding hydrogens is 384 g/mol. The molecule has 3 nitrogen and oxygen atoms in total. The molecule has 1 fully saturated rings. The molecule has 0 unspecified atom stereocenters. The van der Waals surface area contributed by atoms with Crippen LogP contribution in [-0.2, 0) is 16.6 Å². The van der Waals surface area contributed by atoms with Gasteiger partial charge in [-0.3, -0.25) is 4.79 Å². The molecule has 158 valence electrons. The Bertz CT molecular complexity index is 1150. The third kappa shape index (κ3) is 3.52. The molecule has 5 rings (SSSR count). The highest BCUT2D eigenvalue weighted by molar-refractivity contribution is 5.95. The summed E-state index contributed by atoms with van der Waals surface area (Å²) in [5, 5.41) is 0. The van der Waals surface area contributed by atoms with Crippen LogP contribution < -0.4 is 9.47 Å². The van der Waals surface area contributed by atoms with Gasteiger partial charge in [-0.2, -0.15) is 0 Å². The first-order valence-electron chi connectivity index (χ1n) is 11.1. The van der Waals surface area contributed by atoms with E-state index in [9.17, 15) is 4.79 Å². The fourth-order valence-corrected chi connectivity index (χ4v) is 4.79. The second-order valence-electron chi connectivity index (χ2n) is 9.14. The van der Waals surface area contributed by atoms with Crippen LogP contribution in [0.5, 0.6) is 11.5 Å². The minimum absolute atomic E-state index is 0.255. The van der Waals surface area contributed by atoms with E-state index in [0.29, 0.717) is 18.1 Å². The number of aryl methyl sites for hydroxylation is 1. The Kier molecular flexibility index (Phi) is 4.85. The number of benzene rings is 3. The average Bonchev–Trinajstić information content (AvgIpc) is 3.45. The second-order valence-corrected chi connectivity index (χ2v) is 9.14. The largest absolute Gasteiger partial charge is 0.454 e. The molecule has 3 heteroatoms. The number of hydrogen-bond donors (Lipinski definition) is 0. The number of fused-ring (bicyclic) bond motifs is 1. The fourth-order valence-electron chi connectivity index (χ4n) is 4.79. The van der Waals surface area contributed by atoms with Gasteiger partial charge < -0.3 is 9.47 Å². The van der Waals surface area contributed by atoms with Gasteiger partial charge >= 0.3 is 0 Å². The van der Waals surface area contributed by atoms with Gasteiger partial charge in [-0.1, -0.05) is 62.4 Å². The van der Waals surface area contributed by atoms with Crippen molar-refractivity contribution in [2.75, 3.05) is 6.79 Å². The van der Waals surface area contributed by atoms with Crippen molar-refractivity contribution in [2.24, 2.45) is 0 Å². The van der Waals surface area contributed by atoms with Crippen LogP contribution in [-0.4, -0.2) is 12.6 Å². The van der Waals surface area contributed by atoms with Crippen molar-refractivity contribution >= 4 is 5.78 Å².